The molecular weight excluding hydrogens is 366 g/mol. The van der Waals surface area contributed by atoms with Crippen LogP contribution in [0.5, 0.6) is 5.75 Å². The molecule has 0 radical (unpaired) electrons. The standard InChI is InChI=1S/C22H31N5O2/c1-16-18(17(2)27(25-16)14-8-13-23)11-12-22(28)24-15-20(26(3)4)19-9-6-7-10-21(19)29-5/h6-7,9-10,20H,8,11-12,14-15H2,1-5H3,(H,24,28)/t20-/m1/s1. The maximum atomic E-state index is 12.5. The summed E-state index contributed by atoms with van der Waals surface area (Å²) in [5, 5.41) is 16.3. The van der Waals surface area contributed by atoms with Crippen molar-refractivity contribution in [1.82, 2.24) is 20.0 Å². The molecule has 0 aliphatic rings. The van der Waals surface area contributed by atoms with Crippen LogP contribution in [0.15, 0.2) is 24.3 Å². The number of carbonyl (C=O) groups excluding carboxylic acids is 1. The summed E-state index contributed by atoms with van der Waals surface area (Å²) >= 11 is 0. The number of hydrogen-bond donors (Lipinski definition) is 1. The first-order valence-electron chi connectivity index (χ1n) is 9.84. The number of hydrogen-bond acceptors (Lipinski definition) is 5. The van der Waals surface area contributed by atoms with Gasteiger partial charge in [0.15, 0.2) is 0 Å². The van der Waals surface area contributed by atoms with Crippen molar-refractivity contribution in [2.24, 2.45) is 0 Å². The predicted molar refractivity (Wildman–Crippen MR) is 113 cm³/mol. The van der Waals surface area contributed by atoms with Crippen LogP contribution in [-0.4, -0.2) is 48.3 Å². The lowest BCUT2D eigenvalue weighted by molar-refractivity contribution is -0.121. The van der Waals surface area contributed by atoms with Crippen molar-refractivity contribution in [1.29, 1.82) is 5.26 Å². The zero-order valence-corrected chi connectivity index (χ0v) is 18.0. The molecule has 0 unspecified atom stereocenters. The van der Waals surface area contributed by atoms with Crippen LogP contribution in [0.2, 0.25) is 0 Å². The van der Waals surface area contributed by atoms with Gasteiger partial charge >= 0.3 is 0 Å². The first kappa shape index (κ1) is 22.4. The minimum Gasteiger partial charge on any atom is -0.496 e. The van der Waals surface area contributed by atoms with Gasteiger partial charge in [-0.2, -0.15) is 10.4 Å². The van der Waals surface area contributed by atoms with Gasteiger partial charge in [0, 0.05) is 24.2 Å². The fourth-order valence-corrected chi connectivity index (χ4v) is 3.52. The monoisotopic (exact) mass is 397 g/mol. The lowest BCUT2D eigenvalue weighted by atomic mass is 10.0. The second kappa shape index (κ2) is 10.6. The molecule has 156 valence electrons. The highest BCUT2D eigenvalue weighted by atomic mass is 16.5. The van der Waals surface area contributed by atoms with Gasteiger partial charge < -0.3 is 15.0 Å². The number of amides is 1. The van der Waals surface area contributed by atoms with Crippen molar-refractivity contribution < 1.29 is 9.53 Å². The Kier molecular flexibility index (Phi) is 8.22. The highest BCUT2D eigenvalue weighted by molar-refractivity contribution is 5.76. The second-order valence-electron chi connectivity index (χ2n) is 7.31. The lowest BCUT2D eigenvalue weighted by Crippen LogP contribution is -2.34. The van der Waals surface area contributed by atoms with E-state index in [4.69, 9.17) is 10.00 Å². The van der Waals surface area contributed by atoms with Gasteiger partial charge in [0.1, 0.15) is 5.75 Å². The summed E-state index contributed by atoms with van der Waals surface area (Å²) in [5.74, 6) is 0.826. The number of ether oxygens (including phenoxy) is 1. The fraction of sp³-hybridized carbons (Fsp3) is 0.500. The predicted octanol–water partition coefficient (Wildman–Crippen LogP) is 2.77. The van der Waals surface area contributed by atoms with Gasteiger partial charge in [0.05, 0.1) is 37.9 Å². The van der Waals surface area contributed by atoms with E-state index in [1.165, 1.54) is 0 Å². The van der Waals surface area contributed by atoms with Crippen LogP contribution in [-0.2, 0) is 17.8 Å². The number of carbonyl (C=O) groups is 1. The summed E-state index contributed by atoms with van der Waals surface area (Å²) < 4.78 is 7.33. The van der Waals surface area contributed by atoms with E-state index in [9.17, 15) is 4.79 Å². The maximum Gasteiger partial charge on any atom is 0.220 e. The minimum absolute atomic E-state index is 0.00956. The zero-order chi connectivity index (χ0) is 21.4. The number of nitrogens with one attached hydrogen (secondary N) is 1. The smallest absolute Gasteiger partial charge is 0.220 e. The molecule has 0 aliphatic carbocycles. The van der Waals surface area contributed by atoms with Crippen molar-refractivity contribution in [2.75, 3.05) is 27.7 Å². The molecule has 0 fully saturated rings. The van der Waals surface area contributed by atoms with Gasteiger partial charge in [-0.3, -0.25) is 9.48 Å². The number of rotatable bonds is 10. The Morgan fingerprint density at radius 3 is 2.72 bits per heavy atom. The Morgan fingerprint density at radius 1 is 1.34 bits per heavy atom. The van der Waals surface area contributed by atoms with Crippen LogP contribution in [0, 0.1) is 25.2 Å². The van der Waals surface area contributed by atoms with E-state index < -0.39 is 0 Å². The Morgan fingerprint density at radius 2 is 2.07 bits per heavy atom. The van der Waals surface area contributed by atoms with Crippen molar-refractivity contribution in [3.05, 3.63) is 46.8 Å². The number of methoxy groups -OCH3 is 1. The molecule has 0 spiro atoms. The summed E-state index contributed by atoms with van der Waals surface area (Å²) in [6.45, 7) is 5.03. The molecule has 1 aromatic heterocycles. The highest BCUT2D eigenvalue weighted by Gasteiger charge is 2.19. The lowest BCUT2D eigenvalue weighted by Gasteiger charge is -2.26. The van der Waals surface area contributed by atoms with Crippen LogP contribution < -0.4 is 10.1 Å². The molecular formula is C22H31N5O2. The highest BCUT2D eigenvalue weighted by Crippen LogP contribution is 2.27. The number of likely N-dealkylation sites (N-methyl/N-ethyl adjacent to an activating group) is 1. The Balaban J connectivity index is 1.97. The molecule has 29 heavy (non-hydrogen) atoms. The van der Waals surface area contributed by atoms with Crippen LogP contribution in [0.25, 0.3) is 0 Å². The molecule has 0 aliphatic heterocycles. The van der Waals surface area contributed by atoms with Crippen LogP contribution in [0.3, 0.4) is 0 Å². The Bertz CT molecular complexity index is 867. The minimum atomic E-state index is 0.00956. The van der Waals surface area contributed by atoms with Gasteiger partial charge in [0.25, 0.3) is 0 Å². The molecule has 1 aromatic carbocycles. The van der Waals surface area contributed by atoms with E-state index in [1.54, 1.807) is 7.11 Å². The molecule has 1 atom stereocenters. The Labute approximate surface area is 173 Å². The van der Waals surface area contributed by atoms with Gasteiger partial charge in [-0.05, 0) is 46.0 Å². The SMILES string of the molecule is COc1ccccc1[C@@H](CNC(=O)CCc1c(C)nn(CCC#N)c1C)N(C)C. The number of aryl methyl sites for hydroxylation is 2. The molecule has 0 saturated heterocycles. The molecule has 1 N–H and O–H groups in total. The second-order valence-corrected chi connectivity index (χ2v) is 7.31. The van der Waals surface area contributed by atoms with Gasteiger partial charge in [0.2, 0.25) is 5.91 Å². The third-order valence-electron chi connectivity index (χ3n) is 5.18. The maximum absolute atomic E-state index is 12.5. The molecule has 0 bridgehead atoms. The van der Waals surface area contributed by atoms with E-state index in [2.05, 4.69) is 21.4 Å². The number of para-hydroxylation sites is 1. The average molecular weight is 398 g/mol. The van der Waals surface area contributed by atoms with E-state index in [0.29, 0.717) is 32.4 Å². The topological polar surface area (TPSA) is 83.2 Å². The number of nitrogens with zero attached hydrogens (tertiary/aromatic N) is 4. The first-order chi connectivity index (χ1) is 13.9. The third kappa shape index (κ3) is 5.81. The van der Waals surface area contributed by atoms with Crippen molar-refractivity contribution in [3.63, 3.8) is 0 Å². The molecule has 2 aromatic rings. The molecule has 7 nitrogen and oxygen atoms in total. The van der Waals surface area contributed by atoms with Crippen molar-refractivity contribution >= 4 is 5.91 Å². The largest absolute Gasteiger partial charge is 0.496 e. The van der Waals surface area contributed by atoms with E-state index in [1.807, 2.05) is 56.9 Å². The summed E-state index contributed by atoms with van der Waals surface area (Å²) in [6, 6.07) is 10.0. The van der Waals surface area contributed by atoms with Crippen molar-refractivity contribution in [3.8, 4) is 11.8 Å². The van der Waals surface area contributed by atoms with Gasteiger partial charge in [-0.15, -0.1) is 0 Å². The molecule has 2 rings (SSSR count). The first-order valence-corrected chi connectivity index (χ1v) is 9.84. The zero-order valence-electron chi connectivity index (χ0n) is 18.0. The van der Waals surface area contributed by atoms with E-state index in [-0.39, 0.29) is 11.9 Å². The van der Waals surface area contributed by atoms with Gasteiger partial charge in [-0.1, -0.05) is 18.2 Å². The number of nitriles is 1. The quantitative estimate of drug-likeness (QED) is 0.666. The molecule has 1 heterocycles. The summed E-state index contributed by atoms with van der Waals surface area (Å²) in [4.78, 5) is 14.6. The summed E-state index contributed by atoms with van der Waals surface area (Å²) in [5.41, 5.74) is 4.09. The van der Waals surface area contributed by atoms with Crippen LogP contribution >= 0.6 is 0 Å². The Hall–Kier alpha value is -2.85. The summed E-state index contributed by atoms with van der Waals surface area (Å²) in [7, 11) is 5.64. The molecule has 0 saturated carbocycles. The van der Waals surface area contributed by atoms with Crippen LogP contribution in [0.4, 0.5) is 0 Å². The van der Waals surface area contributed by atoms with Crippen molar-refractivity contribution in [2.45, 2.75) is 45.7 Å². The third-order valence-corrected chi connectivity index (χ3v) is 5.18. The van der Waals surface area contributed by atoms with Crippen LogP contribution in [0.1, 0.15) is 41.4 Å². The number of benzene rings is 1. The van der Waals surface area contributed by atoms with E-state index >= 15 is 0 Å². The fourth-order valence-electron chi connectivity index (χ4n) is 3.52. The summed E-state index contributed by atoms with van der Waals surface area (Å²) in [6.07, 6.45) is 1.46. The van der Waals surface area contributed by atoms with Gasteiger partial charge in [-0.25, -0.2) is 0 Å². The number of aromatic nitrogens is 2. The molecule has 1 amide bonds. The van der Waals surface area contributed by atoms with E-state index in [0.717, 1.165) is 28.3 Å². The normalized spacial score (nSPS) is 11.9. The molecule has 7 heteroatoms. The average Bonchev–Trinajstić information content (AvgIpc) is 2.97.